The number of nitrogens with zero attached hydrogens (tertiary/aromatic N) is 6. The van der Waals surface area contributed by atoms with Crippen molar-refractivity contribution in [2.24, 2.45) is 0 Å². The number of thiazole rings is 1. The fourth-order valence-electron chi connectivity index (χ4n) is 4.55. The van der Waals surface area contributed by atoms with Crippen molar-refractivity contribution in [1.82, 2.24) is 24.5 Å². The van der Waals surface area contributed by atoms with Crippen LogP contribution in [0.4, 0.5) is 5.82 Å². The number of piperazine rings is 1. The summed E-state index contributed by atoms with van der Waals surface area (Å²) in [4.78, 5) is 14.8. The van der Waals surface area contributed by atoms with Gasteiger partial charge in [0.15, 0.2) is 5.65 Å². The number of anilines is 1. The molecule has 156 valence electrons. The van der Waals surface area contributed by atoms with Gasteiger partial charge in [-0.15, -0.1) is 11.3 Å². The number of benzene rings is 2. The predicted molar refractivity (Wildman–Crippen MR) is 127 cm³/mol. The van der Waals surface area contributed by atoms with Crippen LogP contribution in [0.3, 0.4) is 0 Å². The second kappa shape index (κ2) is 7.28. The summed E-state index contributed by atoms with van der Waals surface area (Å²) >= 11 is 1.81. The van der Waals surface area contributed by atoms with Gasteiger partial charge >= 0.3 is 0 Å². The van der Waals surface area contributed by atoms with E-state index in [1.54, 1.807) is 0 Å². The van der Waals surface area contributed by atoms with E-state index in [-0.39, 0.29) is 0 Å². The predicted octanol–water partition coefficient (Wildman–Crippen LogP) is 4.68. The van der Waals surface area contributed by atoms with Crippen molar-refractivity contribution < 1.29 is 0 Å². The number of para-hydroxylation sites is 2. The first kappa shape index (κ1) is 18.7. The average Bonchev–Trinajstić information content (AvgIpc) is 3.41. The summed E-state index contributed by atoms with van der Waals surface area (Å²) in [6.07, 6.45) is 0. The highest BCUT2D eigenvalue weighted by atomic mass is 32.1. The molecule has 0 N–H and O–H groups in total. The van der Waals surface area contributed by atoms with Crippen molar-refractivity contribution in [2.75, 3.05) is 31.1 Å². The van der Waals surface area contributed by atoms with Gasteiger partial charge in [-0.3, -0.25) is 4.90 Å². The topological polar surface area (TPSA) is 49.6 Å². The van der Waals surface area contributed by atoms with E-state index in [1.807, 2.05) is 22.8 Å². The second-order valence-corrected chi connectivity index (χ2v) is 9.29. The van der Waals surface area contributed by atoms with E-state index in [4.69, 9.17) is 9.97 Å². The van der Waals surface area contributed by atoms with E-state index in [0.29, 0.717) is 6.04 Å². The standard InChI is InChI=1S/C24H24N6S/c1-16-15-22-26-23(18-7-3-5-9-20(18)30(22)27-16)29-13-11-28(12-14-29)17(2)24-25-19-8-4-6-10-21(19)31-24/h3-10,15,17H,11-14H2,1-2H3. The number of hydrogen-bond acceptors (Lipinski definition) is 6. The molecule has 0 bridgehead atoms. The molecule has 1 atom stereocenters. The Hall–Kier alpha value is -3.03. The molecule has 1 aliphatic heterocycles. The van der Waals surface area contributed by atoms with Gasteiger partial charge in [0.1, 0.15) is 10.8 Å². The summed E-state index contributed by atoms with van der Waals surface area (Å²) in [5, 5.41) is 7.00. The Bertz CT molecular complexity index is 1360. The normalized spacial score (nSPS) is 16.5. The number of fused-ring (bicyclic) bond motifs is 4. The molecule has 0 aliphatic carbocycles. The van der Waals surface area contributed by atoms with Crippen LogP contribution < -0.4 is 4.90 Å². The fraction of sp³-hybridized carbons (Fsp3) is 0.292. The molecule has 0 spiro atoms. The first-order valence-electron chi connectivity index (χ1n) is 10.8. The Morgan fingerprint density at radius 1 is 0.935 bits per heavy atom. The molecule has 1 unspecified atom stereocenters. The lowest BCUT2D eigenvalue weighted by Crippen LogP contribution is -2.47. The summed E-state index contributed by atoms with van der Waals surface area (Å²) < 4.78 is 3.22. The lowest BCUT2D eigenvalue weighted by atomic mass is 10.2. The maximum atomic E-state index is 5.00. The van der Waals surface area contributed by atoms with Crippen molar-refractivity contribution >= 4 is 43.9 Å². The van der Waals surface area contributed by atoms with Gasteiger partial charge < -0.3 is 4.90 Å². The summed E-state index contributed by atoms with van der Waals surface area (Å²) in [5.74, 6) is 1.07. The quantitative estimate of drug-likeness (QED) is 0.417. The van der Waals surface area contributed by atoms with E-state index in [9.17, 15) is 0 Å². The Labute approximate surface area is 184 Å². The van der Waals surface area contributed by atoms with Crippen LogP contribution in [-0.2, 0) is 0 Å². The average molecular weight is 429 g/mol. The Kier molecular flexibility index (Phi) is 4.40. The Balaban J connectivity index is 1.27. The van der Waals surface area contributed by atoms with Crippen LogP contribution in [0.2, 0.25) is 0 Å². The summed E-state index contributed by atoms with van der Waals surface area (Å²) in [6.45, 7) is 8.20. The maximum Gasteiger partial charge on any atom is 0.158 e. The SMILES string of the molecule is Cc1cc2nc(N3CCN(C(C)c4nc5ccccc5s4)CC3)c3ccccc3n2n1. The van der Waals surface area contributed by atoms with Crippen LogP contribution in [0.5, 0.6) is 0 Å². The minimum Gasteiger partial charge on any atom is -0.353 e. The highest BCUT2D eigenvalue weighted by Gasteiger charge is 2.26. The minimum atomic E-state index is 0.323. The zero-order valence-corrected chi connectivity index (χ0v) is 18.5. The van der Waals surface area contributed by atoms with Crippen molar-refractivity contribution in [3.63, 3.8) is 0 Å². The van der Waals surface area contributed by atoms with E-state index in [0.717, 1.165) is 59.8 Å². The monoisotopic (exact) mass is 428 g/mol. The molecule has 1 fully saturated rings. The highest BCUT2D eigenvalue weighted by Crippen LogP contribution is 2.32. The van der Waals surface area contributed by atoms with Gasteiger partial charge in [0.25, 0.3) is 0 Å². The van der Waals surface area contributed by atoms with Crippen molar-refractivity contribution in [3.05, 3.63) is 65.3 Å². The molecule has 4 heterocycles. The van der Waals surface area contributed by atoms with Gasteiger partial charge in [0.2, 0.25) is 0 Å². The van der Waals surface area contributed by atoms with Crippen LogP contribution >= 0.6 is 11.3 Å². The summed E-state index contributed by atoms with van der Waals surface area (Å²) in [6, 6.07) is 19.2. The molecule has 6 rings (SSSR count). The van der Waals surface area contributed by atoms with Gasteiger partial charge in [-0.25, -0.2) is 14.5 Å². The molecule has 3 aromatic heterocycles. The van der Waals surface area contributed by atoms with Gasteiger partial charge in [0, 0.05) is 37.6 Å². The molecule has 2 aromatic carbocycles. The number of aromatic nitrogens is 4. The number of hydrogen-bond donors (Lipinski definition) is 0. The largest absolute Gasteiger partial charge is 0.353 e. The summed E-state index contributed by atoms with van der Waals surface area (Å²) in [7, 11) is 0. The van der Waals surface area contributed by atoms with Crippen LogP contribution in [-0.4, -0.2) is 50.7 Å². The molecular formula is C24H24N6S. The van der Waals surface area contributed by atoms with Crippen LogP contribution in [0.25, 0.3) is 26.8 Å². The zero-order valence-electron chi connectivity index (χ0n) is 17.7. The molecule has 0 radical (unpaired) electrons. The molecule has 7 heteroatoms. The molecule has 1 saturated heterocycles. The second-order valence-electron chi connectivity index (χ2n) is 8.23. The van der Waals surface area contributed by atoms with Crippen molar-refractivity contribution in [2.45, 2.75) is 19.9 Å². The third-order valence-corrected chi connectivity index (χ3v) is 7.44. The summed E-state index contributed by atoms with van der Waals surface area (Å²) in [5.41, 5.74) is 4.12. The lowest BCUT2D eigenvalue weighted by Gasteiger charge is -2.38. The first-order valence-corrected chi connectivity index (χ1v) is 11.6. The third-order valence-electron chi connectivity index (χ3n) is 6.24. The Morgan fingerprint density at radius 2 is 1.71 bits per heavy atom. The van der Waals surface area contributed by atoms with Gasteiger partial charge in [0.05, 0.1) is 27.5 Å². The molecule has 6 nitrogen and oxygen atoms in total. The number of aryl methyl sites for hydroxylation is 1. The van der Waals surface area contributed by atoms with Gasteiger partial charge in [-0.2, -0.15) is 5.10 Å². The van der Waals surface area contributed by atoms with Crippen LogP contribution in [0.15, 0.2) is 54.6 Å². The highest BCUT2D eigenvalue weighted by molar-refractivity contribution is 7.18. The van der Waals surface area contributed by atoms with E-state index in [2.05, 4.69) is 76.4 Å². The molecule has 0 saturated carbocycles. The van der Waals surface area contributed by atoms with Crippen LogP contribution in [0.1, 0.15) is 23.7 Å². The van der Waals surface area contributed by atoms with Gasteiger partial charge in [-0.1, -0.05) is 24.3 Å². The smallest absolute Gasteiger partial charge is 0.158 e. The van der Waals surface area contributed by atoms with E-state index < -0.39 is 0 Å². The molecule has 1 aliphatic rings. The lowest BCUT2D eigenvalue weighted by molar-refractivity contribution is 0.198. The minimum absolute atomic E-state index is 0.323. The Morgan fingerprint density at radius 3 is 2.55 bits per heavy atom. The maximum absolute atomic E-state index is 5.00. The van der Waals surface area contributed by atoms with Gasteiger partial charge in [-0.05, 0) is 38.1 Å². The van der Waals surface area contributed by atoms with Crippen LogP contribution in [0, 0.1) is 6.92 Å². The molecule has 5 aromatic rings. The first-order chi connectivity index (χ1) is 15.2. The fourth-order valence-corrected chi connectivity index (χ4v) is 5.60. The zero-order chi connectivity index (χ0) is 20.9. The third kappa shape index (κ3) is 3.16. The molecule has 31 heavy (non-hydrogen) atoms. The van der Waals surface area contributed by atoms with Crippen molar-refractivity contribution in [3.8, 4) is 0 Å². The molecule has 0 amide bonds. The van der Waals surface area contributed by atoms with E-state index in [1.165, 1.54) is 9.71 Å². The molecular weight excluding hydrogens is 404 g/mol. The number of rotatable bonds is 3. The van der Waals surface area contributed by atoms with Crippen molar-refractivity contribution in [1.29, 1.82) is 0 Å². The van der Waals surface area contributed by atoms with E-state index >= 15 is 0 Å².